The Balaban J connectivity index is 0.000000115. The van der Waals surface area contributed by atoms with Crippen molar-refractivity contribution >= 4 is 12.3 Å². The number of nitrogens with zero attached hydrogens (tertiary/aromatic N) is 2. The first-order valence-corrected chi connectivity index (χ1v) is 4.29. The quantitative estimate of drug-likeness (QED) is 0.697. The Hall–Kier alpha value is -2.35. The minimum Gasteiger partial charge on any atom is -0.442 e. The lowest BCUT2D eigenvalue weighted by molar-refractivity contribution is 0.158. The van der Waals surface area contributed by atoms with Gasteiger partial charge < -0.3 is 4.74 Å². The molecule has 0 aromatic heterocycles. The molecule has 0 fully saturated rings. The Morgan fingerprint density at radius 3 is 2.47 bits per heavy atom. The summed E-state index contributed by atoms with van der Waals surface area (Å²) in [5.41, 5.74) is 5.35. The standard InChI is InChI=1S/C7H3N.C3H4N2O2/c8-4-5-1-6-3-7(6)2-5;6-3-5-4-1-2-7-3/h1-3H;1H,2H2,(H,5,6). The highest BCUT2D eigenvalue weighted by Gasteiger charge is 2.12. The first-order chi connectivity index (χ1) is 7.29. The van der Waals surface area contributed by atoms with Crippen LogP contribution in [0.4, 0.5) is 4.79 Å². The molecule has 1 aliphatic heterocycles. The molecule has 0 radical (unpaired) electrons. The van der Waals surface area contributed by atoms with Gasteiger partial charge in [-0.15, -0.1) is 0 Å². The third-order valence-electron chi connectivity index (χ3n) is 1.85. The Kier molecular flexibility index (Phi) is 2.33. The average molecular weight is 201 g/mol. The number of cyclic esters (lactones) is 1. The van der Waals surface area contributed by atoms with Crippen molar-refractivity contribution < 1.29 is 9.53 Å². The number of nitriles is 1. The molecule has 2 aliphatic carbocycles. The minimum atomic E-state index is -0.484. The highest BCUT2D eigenvalue weighted by molar-refractivity contribution is 5.83. The number of hydrazone groups is 1. The molecule has 15 heavy (non-hydrogen) atoms. The van der Waals surface area contributed by atoms with Gasteiger partial charge in [-0.1, -0.05) is 0 Å². The number of hydrogen-bond donors (Lipinski definition) is 1. The van der Waals surface area contributed by atoms with Gasteiger partial charge >= 0.3 is 6.09 Å². The van der Waals surface area contributed by atoms with Crippen molar-refractivity contribution in [1.29, 1.82) is 5.26 Å². The van der Waals surface area contributed by atoms with Gasteiger partial charge in [0, 0.05) is 0 Å². The number of rotatable bonds is 0. The summed E-state index contributed by atoms with van der Waals surface area (Å²) < 4.78 is 4.38. The molecule has 0 aromatic rings. The van der Waals surface area contributed by atoms with Gasteiger partial charge in [-0.3, -0.25) is 0 Å². The Morgan fingerprint density at radius 2 is 2.13 bits per heavy atom. The maximum atomic E-state index is 10.0. The Labute approximate surface area is 86.0 Å². The van der Waals surface area contributed by atoms with Crippen molar-refractivity contribution in [2.75, 3.05) is 6.61 Å². The van der Waals surface area contributed by atoms with Crippen LogP contribution in [0, 0.1) is 11.3 Å². The highest BCUT2D eigenvalue weighted by Crippen LogP contribution is 2.35. The van der Waals surface area contributed by atoms with Crippen molar-refractivity contribution in [3.63, 3.8) is 0 Å². The topological polar surface area (TPSA) is 74.5 Å². The van der Waals surface area contributed by atoms with Crippen LogP contribution in [0.5, 0.6) is 0 Å². The van der Waals surface area contributed by atoms with Crippen LogP contribution in [0.2, 0.25) is 0 Å². The SMILES string of the molecule is N#Cc1cc2cc-2c1.O=C1NN=CCO1. The molecule has 0 spiro atoms. The number of amides is 1. The van der Waals surface area contributed by atoms with Crippen LogP contribution in [0.1, 0.15) is 5.56 Å². The van der Waals surface area contributed by atoms with E-state index in [1.807, 2.05) is 12.1 Å². The van der Waals surface area contributed by atoms with Crippen molar-refractivity contribution in [1.82, 2.24) is 5.43 Å². The summed E-state index contributed by atoms with van der Waals surface area (Å²) in [6, 6.07) is 7.92. The largest absolute Gasteiger partial charge is 0.442 e. The minimum absolute atomic E-state index is 0.284. The molecule has 1 N–H and O–H groups in total. The van der Waals surface area contributed by atoms with Crippen LogP contribution in [0.15, 0.2) is 23.3 Å². The molecular formula is C10H7N3O2. The third kappa shape index (κ3) is 2.31. The number of fused-ring (bicyclic) bond motifs is 1. The Bertz CT molecular complexity index is 454. The maximum Gasteiger partial charge on any atom is 0.428 e. The van der Waals surface area contributed by atoms with Gasteiger partial charge in [0.05, 0.1) is 17.8 Å². The van der Waals surface area contributed by atoms with Crippen LogP contribution in [-0.2, 0) is 4.74 Å². The van der Waals surface area contributed by atoms with Gasteiger partial charge in [0.25, 0.3) is 0 Å². The molecule has 0 bridgehead atoms. The van der Waals surface area contributed by atoms with Crippen molar-refractivity contribution in [2.45, 2.75) is 0 Å². The zero-order chi connectivity index (χ0) is 10.7. The van der Waals surface area contributed by atoms with E-state index in [1.54, 1.807) is 0 Å². The summed E-state index contributed by atoms with van der Waals surface area (Å²) >= 11 is 0. The molecule has 0 saturated carbocycles. The number of benzene rings is 1. The van der Waals surface area contributed by atoms with Crippen molar-refractivity contribution in [3.05, 3.63) is 23.8 Å². The number of ether oxygens (including phenoxy) is 1. The molecule has 3 rings (SSSR count). The van der Waals surface area contributed by atoms with E-state index >= 15 is 0 Å². The monoisotopic (exact) mass is 201 g/mol. The second kappa shape index (κ2) is 3.80. The van der Waals surface area contributed by atoms with Gasteiger partial charge in [0.15, 0.2) is 0 Å². The fourth-order valence-corrected chi connectivity index (χ4v) is 1.10. The molecule has 0 unspecified atom stereocenters. The summed E-state index contributed by atoms with van der Waals surface area (Å²) in [5.74, 6) is 0. The lowest BCUT2D eigenvalue weighted by Gasteiger charge is -2.02. The molecule has 5 heteroatoms. The zero-order valence-corrected chi connectivity index (χ0v) is 7.73. The number of carbonyl (C=O) groups excluding carboxylic acids is 1. The van der Waals surface area contributed by atoms with Gasteiger partial charge in [-0.25, -0.2) is 10.2 Å². The maximum absolute atomic E-state index is 10.0. The van der Waals surface area contributed by atoms with E-state index in [1.165, 1.54) is 17.3 Å². The normalized spacial score (nSPS) is 13.9. The molecule has 0 atom stereocenters. The fraction of sp³-hybridized carbons (Fsp3) is 0.100. The van der Waals surface area contributed by atoms with Crippen molar-refractivity contribution in [3.8, 4) is 17.2 Å². The number of carbonyl (C=O) groups is 1. The molecule has 1 heterocycles. The van der Waals surface area contributed by atoms with Crippen molar-refractivity contribution in [2.24, 2.45) is 5.10 Å². The Morgan fingerprint density at radius 1 is 1.40 bits per heavy atom. The molecule has 3 aliphatic rings. The smallest absolute Gasteiger partial charge is 0.428 e. The summed E-state index contributed by atoms with van der Waals surface area (Å²) in [7, 11) is 0. The van der Waals surface area contributed by atoms with Crippen LogP contribution in [0.25, 0.3) is 11.1 Å². The van der Waals surface area contributed by atoms with E-state index in [-0.39, 0.29) is 6.61 Å². The number of hydrogen-bond acceptors (Lipinski definition) is 4. The van der Waals surface area contributed by atoms with E-state index in [9.17, 15) is 4.79 Å². The molecular weight excluding hydrogens is 194 g/mol. The molecule has 1 amide bonds. The lowest BCUT2D eigenvalue weighted by Crippen LogP contribution is -2.24. The molecule has 74 valence electrons. The third-order valence-corrected chi connectivity index (χ3v) is 1.85. The van der Waals surface area contributed by atoms with E-state index in [2.05, 4.69) is 27.4 Å². The second-order valence-corrected chi connectivity index (χ2v) is 2.93. The number of nitrogens with one attached hydrogen (secondary N) is 1. The van der Waals surface area contributed by atoms with E-state index < -0.39 is 6.09 Å². The van der Waals surface area contributed by atoms with Gasteiger partial charge in [-0.2, -0.15) is 10.4 Å². The summed E-state index contributed by atoms with van der Waals surface area (Å²) in [6.45, 7) is 0.284. The predicted molar refractivity (Wildman–Crippen MR) is 53.1 cm³/mol. The summed E-state index contributed by atoms with van der Waals surface area (Å²) in [5, 5.41) is 11.7. The second-order valence-electron chi connectivity index (χ2n) is 2.93. The average Bonchev–Trinajstić information content (AvgIpc) is 2.88. The van der Waals surface area contributed by atoms with E-state index in [0.29, 0.717) is 0 Å². The molecule has 5 nitrogen and oxygen atoms in total. The summed E-state index contributed by atoms with van der Waals surface area (Å²) in [4.78, 5) is 10.0. The first kappa shape index (κ1) is 9.21. The molecule has 0 saturated heterocycles. The van der Waals surface area contributed by atoms with Gasteiger partial charge in [0.1, 0.15) is 6.61 Å². The first-order valence-electron chi connectivity index (χ1n) is 4.29. The van der Waals surface area contributed by atoms with Crippen LogP contribution in [0.3, 0.4) is 0 Å². The van der Waals surface area contributed by atoms with Crippen LogP contribution >= 0.6 is 0 Å². The van der Waals surface area contributed by atoms with Gasteiger partial charge in [0.2, 0.25) is 0 Å². The van der Waals surface area contributed by atoms with Crippen LogP contribution in [-0.4, -0.2) is 18.9 Å². The van der Waals surface area contributed by atoms with E-state index in [0.717, 1.165) is 5.56 Å². The molecule has 0 aromatic carbocycles. The van der Waals surface area contributed by atoms with Crippen LogP contribution < -0.4 is 5.43 Å². The fourth-order valence-electron chi connectivity index (χ4n) is 1.10. The highest BCUT2D eigenvalue weighted by atomic mass is 16.6. The predicted octanol–water partition coefficient (Wildman–Crippen LogP) is 1.25. The van der Waals surface area contributed by atoms with Gasteiger partial charge in [-0.05, 0) is 29.3 Å². The zero-order valence-electron chi connectivity index (χ0n) is 7.73. The lowest BCUT2D eigenvalue weighted by atomic mass is 10.4. The van der Waals surface area contributed by atoms with E-state index in [4.69, 9.17) is 5.26 Å². The summed E-state index contributed by atoms with van der Waals surface area (Å²) in [6.07, 6.45) is 0.990.